The number of carbonyl (C=O) groups is 1. The minimum atomic E-state index is -0.519. The van der Waals surface area contributed by atoms with Gasteiger partial charge in [0.2, 0.25) is 0 Å². The van der Waals surface area contributed by atoms with Crippen LogP contribution in [0.5, 0.6) is 0 Å². The van der Waals surface area contributed by atoms with Gasteiger partial charge in [0.25, 0.3) is 0 Å². The molecule has 116 valence electrons. The predicted octanol–water partition coefficient (Wildman–Crippen LogP) is 1.82. The van der Waals surface area contributed by atoms with E-state index in [1.165, 1.54) is 0 Å². The first-order valence-corrected chi connectivity index (χ1v) is 7.96. The fraction of sp³-hybridized carbons (Fsp3) is 0.706. The van der Waals surface area contributed by atoms with Crippen molar-refractivity contribution in [3.8, 4) is 0 Å². The molecule has 0 aromatic carbocycles. The smallest absolute Gasteiger partial charge is 0.309 e. The molecular formula is C17H24O4. The Kier molecular flexibility index (Phi) is 4.18. The first-order chi connectivity index (χ1) is 10.1. The van der Waals surface area contributed by atoms with Gasteiger partial charge >= 0.3 is 5.97 Å². The highest BCUT2D eigenvalue weighted by Crippen LogP contribution is 2.49. The molecule has 0 aromatic rings. The third-order valence-corrected chi connectivity index (χ3v) is 5.05. The fourth-order valence-corrected chi connectivity index (χ4v) is 3.76. The molecule has 4 nitrogen and oxygen atoms in total. The van der Waals surface area contributed by atoms with E-state index in [-0.39, 0.29) is 41.8 Å². The molecule has 3 aliphatic rings. The van der Waals surface area contributed by atoms with Gasteiger partial charge < -0.3 is 14.9 Å². The summed E-state index contributed by atoms with van der Waals surface area (Å²) in [6, 6.07) is 0. The normalized spacial score (nSPS) is 49.7. The van der Waals surface area contributed by atoms with Gasteiger partial charge in [0.1, 0.15) is 6.10 Å². The average molecular weight is 292 g/mol. The number of rotatable bonds is 0. The second kappa shape index (κ2) is 5.93. The molecule has 1 heterocycles. The van der Waals surface area contributed by atoms with Crippen molar-refractivity contribution >= 4 is 5.97 Å². The summed E-state index contributed by atoms with van der Waals surface area (Å²) in [4.78, 5) is 12.0. The van der Waals surface area contributed by atoms with Crippen LogP contribution in [0.1, 0.15) is 32.6 Å². The van der Waals surface area contributed by atoms with E-state index in [9.17, 15) is 15.0 Å². The summed E-state index contributed by atoms with van der Waals surface area (Å²) < 4.78 is 5.42. The second-order valence-electron chi connectivity index (χ2n) is 6.75. The van der Waals surface area contributed by atoms with E-state index in [1.54, 1.807) is 0 Å². The number of fused-ring (bicyclic) bond motifs is 2. The van der Waals surface area contributed by atoms with Crippen LogP contribution in [-0.2, 0) is 9.53 Å². The predicted molar refractivity (Wildman–Crippen MR) is 78.3 cm³/mol. The number of cyclic esters (lactones) is 1. The average Bonchev–Trinajstić information content (AvgIpc) is 3.14. The molecule has 0 bridgehead atoms. The quantitative estimate of drug-likeness (QED) is 0.668. The molecule has 0 spiro atoms. The van der Waals surface area contributed by atoms with Gasteiger partial charge in [-0.1, -0.05) is 24.3 Å². The van der Waals surface area contributed by atoms with E-state index in [4.69, 9.17) is 4.74 Å². The van der Waals surface area contributed by atoms with Crippen molar-refractivity contribution in [2.75, 3.05) is 0 Å². The number of esters is 1. The first-order valence-electron chi connectivity index (χ1n) is 7.96. The molecule has 0 saturated heterocycles. The van der Waals surface area contributed by atoms with Crippen molar-refractivity contribution in [3.63, 3.8) is 0 Å². The highest BCUT2D eigenvalue weighted by Gasteiger charge is 2.52. The molecule has 0 aromatic heterocycles. The van der Waals surface area contributed by atoms with Crippen LogP contribution in [0, 0.1) is 23.7 Å². The van der Waals surface area contributed by atoms with Crippen LogP contribution < -0.4 is 0 Å². The summed E-state index contributed by atoms with van der Waals surface area (Å²) in [6.07, 6.45) is 9.77. The molecule has 2 saturated carbocycles. The van der Waals surface area contributed by atoms with Crippen molar-refractivity contribution in [1.82, 2.24) is 0 Å². The molecule has 0 amide bonds. The number of aliphatic hydroxyl groups is 2. The molecule has 0 radical (unpaired) electrons. The second-order valence-corrected chi connectivity index (χ2v) is 6.75. The minimum Gasteiger partial charge on any atom is -0.462 e. The Labute approximate surface area is 125 Å². The van der Waals surface area contributed by atoms with Crippen molar-refractivity contribution in [1.29, 1.82) is 0 Å². The van der Waals surface area contributed by atoms with Crippen molar-refractivity contribution in [2.45, 2.75) is 50.9 Å². The number of aliphatic hydroxyl groups excluding tert-OH is 2. The van der Waals surface area contributed by atoms with E-state index < -0.39 is 6.10 Å². The van der Waals surface area contributed by atoms with Crippen LogP contribution in [0.3, 0.4) is 0 Å². The van der Waals surface area contributed by atoms with Gasteiger partial charge in [-0.2, -0.15) is 0 Å². The summed E-state index contributed by atoms with van der Waals surface area (Å²) in [7, 11) is 0. The molecule has 3 rings (SSSR count). The lowest BCUT2D eigenvalue weighted by atomic mass is 9.87. The molecular weight excluding hydrogens is 268 g/mol. The number of allylic oxidation sites excluding steroid dienone is 3. The minimum absolute atomic E-state index is 0.00427. The van der Waals surface area contributed by atoms with Crippen LogP contribution in [0.25, 0.3) is 0 Å². The van der Waals surface area contributed by atoms with Gasteiger partial charge in [-0.25, -0.2) is 0 Å². The molecule has 4 heteroatoms. The molecule has 21 heavy (non-hydrogen) atoms. The molecule has 5 unspecified atom stereocenters. The SMILES string of the molecule is CC1C/C=C/C=C/C2C[C@H](O)CC2[C@H](O)C2CC2C(=O)O1. The van der Waals surface area contributed by atoms with Crippen molar-refractivity contribution in [3.05, 3.63) is 24.3 Å². The van der Waals surface area contributed by atoms with E-state index in [0.29, 0.717) is 25.7 Å². The monoisotopic (exact) mass is 292 g/mol. The highest BCUT2D eigenvalue weighted by molar-refractivity contribution is 5.76. The van der Waals surface area contributed by atoms with Gasteiger partial charge in [0, 0.05) is 6.42 Å². The standard InChI is InChI=1S/C17H24O4/c1-10-5-3-2-4-6-11-7-12(18)8-13(11)16(19)14-9-15(14)17(20)21-10/h2-4,6,10-16,18-19H,5,7-9H2,1H3/b3-2+,6-4+/t10?,11?,12-,13?,14?,15?,16-/m0/s1. The largest absolute Gasteiger partial charge is 0.462 e. The van der Waals surface area contributed by atoms with Crippen molar-refractivity contribution < 1.29 is 19.7 Å². The van der Waals surface area contributed by atoms with E-state index in [0.717, 1.165) is 0 Å². The maximum Gasteiger partial charge on any atom is 0.309 e. The van der Waals surface area contributed by atoms with Crippen LogP contribution in [0.15, 0.2) is 24.3 Å². The van der Waals surface area contributed by atoms with Crippen LogP contribution in [0.2, 0.25) is 0 Å². The Morgan fingerprint density at radius 3 is 2.76 bits per heavy atom. The Hall–Kier alpha value is -1.13. The Bertz CT molecular complexity index is 456. The third-order valence-electron chi connectivity index (χ3n) is 5.05. The zero-order valence-electron chi connectivity index (χ0n) is 12.4. The zero-order chi connectivity index (χ0) is 15.0. The van der Waals surface area contributed by atoms with Gasteiger partial charge in [-0.3, -0.25) is 4.79 Å². The maximum atomic E-state index is 12.0. The van der Waals surface area contributed by atoms with Gasteiger partial charge in [0.15, 0.2) is 0 Å². The van der Waals surface area contributed by atoms with Crippen LogP contribution in [0.4, 0.5) is 0 Å². The lowest BCUT2D eigenvalue weighted by Gasteiger charge is -2.22. The summed E-state index contributed by atoms with van der Waals surface area (Å²) in [6.45, 7) is 1.89. The lowest BCUT2D eigenvalue weighted by molar-refractivity contribution is -0.150. The molecule has 1 aliphatic heterocycles. The summed E-state index contributed by atoms with van der Waals surface area (Å²) in [5, 5.41) is 20.5. The topological polar surface area (TPSA) is 66.8 Å². The highest BCUT2D eigenvalue weighted by atomic mass is 16.5. The Morgan fingerprint density at radius 2 is 1.95 bits per heavy atom. The number of hydrogen-bond acceptors (Lipinski definition) is 4. The van der Waals surface area contributed by atoms with E-state index in [2.05, 4.69) is 6.08 Å². The number of hydrogen-bond donors (Lipinski definition) is 2. The first kappa shape index (κ1) is 14.8. The summed E-state index contributed by atoms with van der Waals surface area (Å²) in [5.41, 5.74) is 0. The summed E-state index contributed by atoms with van der Waals surface area (Å²) >= 11 is 0. The molecule has 2 N–H and O–H groups in total. The van der Waals surface area contributed by atoms with E-state index in [1.807, 2.05) is 25.2 Å². The fourth-order valence-electron chi connectivity index (χ4n) is 3.76. The molecule has 2 fully saturated rings. The van der Waals surface area contributed by atoms with Gasteiger partial charge in [-0.15, -0.1) is 0 Å². The van der Waals surface area contributed by atoms with Gasteiger partial charge in [-0.05, 0) is 43.9 Å². The summed E-state index contributed by atoms with van der Waals surface area (Å²) in [5.74, 6) is -0.0952. The van der Waals surface area contributed by atoms with Crippen LogP contribution in [-0.4, -0.2) is 34.5 Å². The maximum absolute atomic E-state index is 12.0. The third kappa shape index (κ3) is 3.22. The lowest BCUT2D eigenvalue weighted by Crippen LogP contribution is -2.27. The molecule has 2 aliphatic carbocycles. The van der Waals surface area contributed by atoms with Crippen LogP contribution >= 0.6 is 0 Å². The zero-order valence-corrected chi connectivity index (χ0v) is 12.4. The van der Waals surface area contributed by atoms with Crippen molar-refractivity contribution in [2.24, 2.45) is 23.7 Å². The number of carbonyl (C=O) groups excluding carboxylic acids is 1. The number of ether oxygens (including phenoxy) is 1. The Morgan fingerprint density at radius 1 is 1.14 bits per heavy atom. The molecule has 7 atom stereocenters. The van der Waals surface area contributed by atoms with Gasteiger partial charge in [0.05, 0.1) is 18.1 Å². The Balaban J connectivity index is 1.78. The van der Waals surface area contributed by atoms with E-state index >= 15 is 0 Å².